The van der Waals surface area contributed by atoms with Gasteiger partial charge in [-0.1, -0.05) is 0 Å². The van der Waals surface area contributed by atoms with Crippen LogP contribution in [0, 0.1) is 0 Å². The van der Waals surface area contributed by atoms with Crippen LogP contribution in [0.5, 0.6) is 0 Å². The van der Waals surface area contributed by atoms with E-state index in [0.29, 0.717) is 0 Å². The van der Waals surface area contributed by atoms with E-state index in [2.05, 4.69) is 0 Å². The van der Waals surface area contributed by atoms with E-state index < -0.39 is 66.5 Å². The molecule has 28 heavy (non-hydrogen) atoms. The van der Waals surface area contributed by atoms with Crippen molar-refractivity contribution in [3.8, 4) is 0 Å². The first-order chi connectivity index (χ1) is 13.0. The standard InChI is InChI=1S/C17H24O11/c1-7(18)24-13-12(23-6)14(25-8(2)19)16(27-10(4)21)17(28-11(5)22)15(13)26-9(3)20/h12-17H,1-6H3/t12?,13-,14+,15+,16-,17?. The van der Waals surface area contributed by atoms with Crippen LogP contribution in [0.25, 0.3) is 0 Å². The lowest BCUT2D eigenvalue weighted by Gasteiger charge is -2.46. The highest BCUT2D eigenvalue weighted by Gasteiger charge is 2.59. The minimum Gasteiger partial charge on any atom is -0.455 e. The summed E-state index contributed by atoms with van der Waals surface area (Å²) in [5.41, 5.74) is 0. The molecule has 0 aromatic carbocycles. The molecule has 0 aliphatic heterocycles. The van der Waals surface area contributed by atoms with Gasteiger partial charge < -0.3 is 28.4 Å². The van der Waals surface area contributed by atoms with E-state index in [1.54, 1.807) is 0 Å². The van der Waals surface area contributed by atoms with Gasteiger partial charge in [-0.3, -0.25) is 24.0 Å². The molecule has 0 spiro atoms. The van der Waals surface area contributed by atoms with Crippen LogP contribution in [0.3, 0.4) is 0 Å². The summed E-state index contributed by atoms with van der Waals surface area (Å²) in [6.45, 7) is 5.49. The summed E-state index contributed by atoms with van der Waals surface area (Å²) in [4.78, 5) is 58.1. The molecule has 1 fully saturated rings. The Hall–Kier alpha value is -2.69. The van der Waals surface area contributed by atoms with E-state index in [9.17, 15) is 24.0 Å². The molecule has 1 aliphatic carbocycles. The van der Waals surface area contributed by atoms with Gasteiger partial charge in [0, 0.05) is 41.7 Å². The number of carbonyl (C=O) groups excluding carboxylic acids is 5. The maximum atomic E-state index is 11.6. The molecule has 1 aliphatic rings. The smallest absolute Gasteiger partial charge is 0.303 e. The number of hydrogen-bond acceptors (Lipinski definition) is 11. The Morgan fingerprint density at radius 3 is 0.750 bits per heavy atom. The summed E-state index contributed by atoms with van der Waals surface area (Å²) in [6.07, 6.45) is -8.00. The minimum atomic E-state index is -1.43. The lowest BCUT2D eigenvalue weighted by atomic mass is 9.83. The van der Waals surface area contributed by atoms with Gasteiger partial charge in [-0.2, -0.15) is 0 Å². The molecule has 0 saturated heterocycles. The second kappa shape index (κ2) is 10.0. The predicted octanol–water partition coefficient (Wildman–Crippen LogP) is -0.326. The second-order valence-electron chi connectivity index (χ2n) is 6.07. The lowest BCUT2D eigenvalue weighted by Crippen LogP contribution is -2.68. The SMILES string of the molecule is COC1[C@@H](OC(C)=O)[C@H](OC(C)=O)C(OC(C)=O)[C@H](OC(C)=O)[C@H]1OC(C)=O. The monoisotopic (exact) mass is 404 g/mol. The zero-order valence-electron chi connectivity index (χ0n) is 16.5. The van der Waals surface area contributed by atoms with Gasteiger partial charge in [0.25, 0.3) is 0 Å². The summed E-state index contributed by atoms with van der Waals surface area (Å²) >= 11 is 0. The van der Waals surface area contributed by atoms with Crippen molar-refractivity contribution in [3.63, 3.8) is 0 Å². The Morgan fingerprint density at radius 1 is 0.429 bits per heavy atom. The molecule has 0 N–H and O–H groups in total. The largest absolute Gasteiger partial charge is 0.455 e. The van der Waals surface area contributed by atoms with E-state index in [1.807, 2.05) is 0 Å². The third-order valence-electron chi connectivity index (χ3n) is 3.73. The highest BCUT2D eigenvalue weighted by atomic mass is 16.7. The van der Waals surface area contributed by atoms with Gasteiger partial charge >= 0.3 is 29.8 Å². The first-order valence-corrected chi connectivity index (χ1v) is 8.36. The van der Waals surface area contributed by atoms with E-state index in [4.69, 9.17) is 28.4 Å². The van der Waals surface area contributed by atoms with E-state index in [0.717, 1.165) is 34.6 Å². The fourth-order valence-electron chi connectivity index (χ4n) is 3.02. The van der Waals surface area contributed by atoms with Crippen molar-refractivity contribution >= 4 is 29.8 Å². The molecular formula is C17H24O11. The van der Waals surface area contributed by atoms with Crippen molar-refractivity contribution < 1.29 is 52.4 Å². The van der Waals surface area contributed by atoms with Crippen LogP contribution in [0.1, 0.15) is 34.6 Å². The zero-order valence-corrected chi connectivity index (χ0v) is 16.5. The Morgan fingerprint density at radius 2 is 0.607 bits per heavy atom. The zero-order chi connectivity index (χ0) is 21.6. The topological polar surface area (TPSA) is 141 Å². The summed E-state index contributed by atoms with van der Waals surface area (Å²) in [6, 6.07) is 0. The third kappa shape index (κ3) is 6.19. The highest BCUT2D eigenvalue weighted by Crippen LogP contribution is 2.34. The Bertz CT molecular complexity index is 585. The van der Waals surface area contributed by atoms with Gasteiger partial charge in [0.1, 0.15) is 6.10 Å². The minimum absolute atomic E-state index is 0.752. The molecule has 11 nitrogen and oxygen atoms in total. The first kappa shape index (κ1) is 23.3. The molecule has 6 atom stereocenters. The number of ether oxygens (including phenoxy) is 6. The summed E-state index contributed by atoms with van der Waals surface area (Å²) < 4.78 is 31.4. The predicted molar refractivity (Wildman–Crippen MR) is 88.6 cm³/mol. The second-order valence-corrected chi connectivity index (χ2v) is 6.07. The van der Waals surface area contributed by atoms with Crippen LogP contribution in [0.15, 0.2) is 0 Å². The molecule has 0 radical (unpaired) electrons. The van der Waals surface area contributed by atoms with Gasteiger partial charge in [-0.15, -0.1) is 0 Å². The summed E-state index contributed by atoms with van der Waals surface area (Å²) in [7, 11) is 1.24. The van der Waals surface area contributed by atoms with Gasteiger partial charge in [-0.25, -0.2) is 0 Å². The molecule has 0 aromatic heterocycles. The quantitative estimate of drug-likeness (QED) is 0.424. The van der Waals surface area contributed by atoms with E-state index in [-0.39, 0.29) is 0 Å². The van der Waals surface area contributed by atoms with Crippen molar-refractivity contribution in [2.75, 3.05) is 7.11 Å². The van der Waals surface area contributed by atoms with Crippen molar-refractivity contribution in [1.82, 2.24) is 0 Å². The van der Waals surface area contributed by atoms with Gasteiger partial charge in [-0.05, 0) is 0 Å². The lowest BCUT2D eigenvalue weighted by molar-refractivity contribution is -0.259. The number of carbonyl (C=O) groups is 5. The number of methoxy groups -OCH3 is 1. The third-order valence-corrected chi connectivity index (χ3v) is 3.73. The molecule has 1 saturated carbocycles. The first-order valence-electron chi connectivity index (χ1n) is 8.36. The van der Waals surface area contributed by atoms with E-state index in [1.165, 1.54) is 7.11 Å². The van der Waals surface area contributed by atoms with Crippen LogP contribution in [0.4, 0.5) is 0 Å². The van der Waals surface area contributed by atoms with Crippen LogP contribution in [-0.2, 0) is 52.4 Å². The Labute approximate surface area is 161 Å². The van der Waals surface area contributed by atoms with Gasteiger partial charge in [0.15, 0.2) is 30.5 Å². The highest BCUT2D eigenvalue weighted by molar-refractivity contribution is 5.70. The van der Waals surface area contributed by atoms with E-state index >= 15 is 0 Å². The van der Waals surface area contributed by atoms with Crippen molar-refractivity contribution in [3.05, 3.63) is 0 Å². The summed E-state index contributed by atoms with van der Waals surface area (Å²) in [5.74, 6) is -3.85. The van der Waals surface area contributed by atoms with Gasteiger partial charge in [0.2, 0.25) is 0 Å². The molecule has 2 unspecified atom stereocenters. The molecule has 0 amide bonds. The normalized spacial score (nSPS) is 29.2. The maximum Gasteiger partial charge on any atom is 0.303 e. The number of rotatable bonds is 6. The molecular weight excluding hydrogens is 380 g/mol. The maximum absolute atomic E-state index is 11.6. The molecule has 11 heteroatoms. The summed E-state index contributed by atoms with van der Waals surface area (Å²) in [5, 5.41) is 0. The molecule has 0 heterocycles. The average molecular weight is 404 g/mol. The fourth-order valence-corrected chi connectivity index (χ4v) is 3.02. The van der Waals surface area contributed by atoms with Crippen molar-refractivity contribution in [2.45, 2.75) is 71.2 Å². The number of esters is 5. The van der Waals surface area contributed by atoms with Crippen molar-refractivity contribution in [1.29, 1.82) is 0 Å². The average Bonchev–Trinajstić information content (AvgIpc) is 2.52. The fraction of sp³-hybridized carbons (Fsp3) is 0.706. The van der Waals surface area contributed by atoms with Crippen LogP contribution < -0.4 is 0 Å². The molecule has 0 aromatic rings. The Balaban J connectivity index is 3.54. The van der Waals surface area contributed by atoms with Crippen LogP contribution in [0.2, 0.25) is 0 Å². The molecule has 1 rings (SSSR count). The number of hydrogen-bond donors (Lipinski definition) is 0. The molecule has 158 valence electrons. The Kier molecular flexibility index (Phi) is 8.35. The van der Waals surface area contributed by atoms with Crippen LogP contribution in [-0.4, -0.2) is 73.6 Å². The molecule has 0 bridgehead atoms. The van der Waals surface area contributed by atoms with Crippen molar-refractivity contribution in [2.24, 2.45) is 0 Å². The van der Waals surface area contributed by atoms with Gasteiger partial charge in [0.05, 0.1) is 0 Å². The van der Waals surface area contributed by atoms with Crippen LogP contribution >= 0.6 is 0 Å².